The minimum Gasteiger partial charge on any atom is -0.507 e. The van der Waals surface area contributed by atoms with E-state index in [-0.39, 0.29) is 12.4 Å². The summed E-state index contributed by atoms with van der Waals surface area (Å²) >= 11 is 3.33. The maximum atomic E-state index is 11.7. The molecule has 0 unspecified atom stereocenters. The molecule has 6 nitrogen and oxygen atoms in total. The van der Waals surface area contributed by atoms with Crippen molar-refractivity contribution < 1.29 is 19.4 Å². The average molecular weight is 393 g/mol. The third-order valence-electron chi connectivity index (χ3n) is 3.06. The van der Waals surface area contributed by atoms with Gasteiger partial charge in [0.1, 0.15) is 5.75 Å². The fraction of sp³-hybridized carbons (Fsp3) is 0.176. The Bertz CT molecular complexity index is 762. The maximum absolute atomic E-state index is 11.7. The van der Waals surface area contributed by atoms with Crippen LogP contribution < -0.4 is 14.9 Å². The van der Waals surface area contributed by atoms with Gasteiger partial charge in [0, 0.05) is 10.0 Å². The van der Waals surface area contributed by atoms with Gasteiger partial charge in [0.05, 0.1) is 13.3 Å². The van der Waals surface area contributed by atoms with Crippen molar-refractivity contribution in [2.24, 2.45) is 5.10 Å². The first-order valence-corrected chi connectivity index (χ1v) is 7.86. The van der Waals surface area contributed by atoms with Gasteiger partial charge in [-0.2, -0.15) is 5.10 Å². The van der Waals surface area contributed by atoms with Crippen LogP contribution >= 0.6 is 15.9 Å². The molecule has 0 saturated carbocycles. The number of halogens is 1. The Labute approximate surface area is 148 Å². The number of phenolic OH excluding ortho intramolecular Hbond substituents is 1. The van der Waals surface area contributed by atoms with Crippen LogP contribution in [0.3, 0.4) is 0 Å². The molecule has 0 heterocycles. The number of hydrazone groups is 1. The van der Waals surface area contributed by atoms with E-state index in [4.69, 9.17) is 9.47 Å². The van der Waals surface area contributed by atoms with Gasteiger partial charge in [-0.15, -0.1) is 0 Å². The molecule has 0 saturated heterocycles. The maximum Gasteiger partial charge on any atom is 0.277 e. The van der Waals surface area contributed by atoms with Gasteiger partial charge in [-0.1, -0.05) is 22.0 Å². The van der Waals surface area contributed by atoms with Crippen LogP contribution in [0.15, 0.2) is 46.0 Å². The Morgan fingerprint density at radius 1 is 1.29 bits per heavy atom. The molecule has 0 aliphatic rings. The molecule has 2 aromatic rings. The number of methoxy groups -OCH3 is 1. The van der Waals surface area contributed by atoms with Crippen molar-refractivity contribution in [2.45, 2.75) is 6.92 Å². The zero-order chi connectivity index (χ0) is 17.5. The highest BCUT2D eigenvalue weighted by atomic mass is 79.9. The number of aryl methyl sites for hydroxylation is 1. The molecule has 2 N–H and O–H groups in total. The second-order valence-electron chi connectivity index (χ2n) is 4.94. The SMILES string of the molecule is COc1cc(Br)ccc1OCC(=O)N/N=C\c1ccc(C)cc1O. The molecule has 0 radical (unpaired) electrons. The van der Waals surface area contributed by atoms with E-state index in [2.05, 4.69) is 26.5 Å². The molecular formula is C17H17BrN2O4. The molecule has 0 bridgehead atoms. The number of nitrogens with one attached hydrogen (secondary N) is 1. The fourth-order valence-corrected chi connectivity index (χ4v) is 2.21. The molecule has 0 spiro atoms. The number of carbonyl (C=O) groups is 1. The number of hydrogen-bond acceptors (Lipinski definition) is 5. The Morgan fingerprint density at radius 2 is 2.08 bits per heavy atom. The zero-order valence-electron chi connectivity index (χ0n) is 13.2. The molecule has 0 atom stereocenters. The van der Waals surface area contributed by atoms with Crippen LogP contribution in [0, 0.1) is 6.92 Å². The summed E-state index contributed by atoms with van der Waals surface area (Å²) in [5.74, 6) is 0.646. The number of rotatable bonds is 6. The summed E-state index contributed by atoms with van der Waals surface area (Å²) < 4.78 is 11.4. The van der Waals surface area contributed by atoms with Gasteiger partial charge in [0.25, 0.3) is 5.91 Å². The Kier molecular flexibility index (Phi) is 6.20. The molecule has 24 heavy (non-hydrogen) atoms. The lowest BCUT2D eigenvalue weighted by Gasteiger charge is -2.10. The summed E-state index contributed by atoms with van der Waals surface area (Å²) in [6, 6.07) is 10.4. The largest absolute Gasteiger partial charge is 0.507 e. The van der Waals surface area contributed by atoms with E-state index in [1.165, 1.54) is 13.3 Å². The van der Waals surface area contributed by atoms with Crippen LogP contribution in [-0.4, -0.2) is 30.9 Å². The van der Waals surface area contributed by atoms with Crippen LogP contribution in [0.25, 0.3) is 0 Å². The van der Waals surface area contributed by atoms with Gasteiger partial charge in [-0.3, -0.25) is 4.79 Å². The number of aromatic hydroxyl groups is 1. The first kappa shape index (κ1) is 17.8. The second kappa shape index (κ2) is 8.35. The third-order valence-corrected chi connectivity index (χ3v) is 3.56. The summed E-state index contributed by atoms with van der Waals surface area (Å²) in [6.45, 7) is 1.66. The third kappa shape index (κ3) is 4.99. The van der Waals surface area contributed by atoms with Crippen LogP contribution in [0.1, 0.15) is 11.1 Å². The first-order valence-electron chi connectivity index (χ1n) is 7.07. The van der Waals surface area contributed by atoms with E-state index >= 15 is 0 Å². The molecule has 2 rings (SSSR count). The number of nitrogens with zero attached hydrogens (tertiary/aromatic N) is 1. The van der Waals surface area contributed by atoms with E-state index < -0.39 is 5.91 Å². The van der Waals surface area contributed by atoms with E-state index in [0.717, 1.165) is 10.0 Å². The van der Waals surface area contributed by atoms with Crippen LogP contribution in [0.2, 0.25) is 0 Å². The van der Waals surface area contributed by atoms with Crippen molar-refractivity contribution in [3.05, 3.63) is 52.0 Å². The fourth-order valence-electron chi connectivity index (χ4n) is 1.87. The van der Waals surface area contributed by atoms with Gasteiger partial charge >= 0.3 is 0 Å². The molecule has 126 valence electrons. The Morgan fingerprint density at radius 3 is 2.79 bits per heavy atom. The monoisotopic (exact) mass is 392 g/mol. The number of amides is 1. The first-order chi connectivity index (χ1) is 11.5. The summed E-state index contributed by atoms with van der Waals surface area (Å²) in [6.07, 6.45) is 1.37. The quantitative estimate of drug-likeness (QED) is 0.584. The highest BCUT2D eigenvalue weighted by Gasteiger charge is 2.07. The molecule has 7 heteroatoms. The van der Waals surface area contributed by atoms with Crippen molar-refractivity contribution in [1.82, 2.24) is 5.43 Å². The summed E-state index contributed by atoms with van der Waals surface area (Å²) in [5, 5.41) is 13.5. The van der Waals surface area contributed by atoms with Crippen molar-refractivity contribution in [2.75, 3.05) is 13.7 Å². The van der Waals surface area contributed by atoms with Crippen LogP contribution in [-0.2, 0) is 4.79 Å². The number of carbonyl (C=O) groups excluding carboxylic acids is 1. The minimum atomic E-state index is -0.428. The second-order valence-corrected chi connectivity index (χ2v) is 5.85. The van der Waals surface area contributed by atoms with Gasteiger partial charge in [-0.25, -0.2) is 5.43 Å². The highest BCUT2D eigenvalue weighted by molar-refractivity contribution is 9.10. The lowest BCUT2D eigenvalue weighted by molar-refractivity contribution is -0.123. The normalized spacial score (nSPS) is 10.6. The summed E-state index contributed by atoms with van der Waals surface area (Å²) in [4.78, 5) is 11.7. The minimum absolute atomic E-state index is 0.101. The van der Waals surface area contributed by atoms with Gasteiger partial charge < -0.3 is 14.6 Å². The summed E-state index contributed by atoms with van der Waals surface area (Å²) in [7, 11) is 1.52. The van der Waals surface area contributed by atoms with E-state index in [9.17, 15) is 9.90 Å². The Hall–Kier alpha value is -2.54. The van der Waals surface area contributed by atoms with E-state index in [1.54, 1.807) is 30.3 Å². The smallest absolute Gasteiger partial charge is 0.277 e. The van der Waals surface area contributed by atoms with Crippen molar-refractivity contribution in [3.8, 4) is 17.2 Å². The van der Waals surface area contributed by atoms with Gasteiger partial charge in [0.15, 0.2) is 18.1 Å². The molecule has 2 aromatic carbocycles. The molecular weight excluding hydrogens is 376 g/mol. The summed E-state index contributed by atoms with van der Waals surface area (Å²) in [5.41, 5.74) is 3.78. The van der Waals surface area contributed by atoms with Crippen molar-refractivity contribution in [3.63, 3.8) is 0 Å². The molecule has 0 aromatic heterocycles. The highest BCUT2D eigenvalue weighted by Crippen LogP contribution is 2.30. The molecule has 0 aliphatic heterocycles. The van der Waals surface area contributed by atoms with E-state index in [1.807, 2.05) is 13.0 Å². The topological polar surface area (TPSA) is 80.2 Å². The van der Waals surface area contributed by atoms with Crippen molar-refractivity contribution >= 4 is 28.1 Å². The predicted molar refractivity (Wildman–Crippen MR) is 94.8 cm³/mol. The number of benzene rings is 2. The molecule has 1 amide bonds. The van der Waals surface area contributed by atoms with Gasteiger partial charge in [0.2, 0.25) is 0 Å². The van der Waals surface area contributed by atoms with Crippen LogP contribution in [0.5, 0.6) is 17.2 Å². The number of phenols is 1. The number of hydrogen-bond donors (Lipinski definition) is 2. The molecule has 0 aliphatic carbocycles. The predicted octanol–water partition coefficient (Wildman–Crippen LogP) is 3.00. The van der Waals surface area contributed by atoms with E-state index in [0.29, 0.717) is 17.1 Å². The zero-order valence-corrected chi connectivity index (χ0v) is 14.8. The van der Waals surface area contributed by atoms with Crippen molar-refractivity contribution in [1.29, 1.82) is 0 Å². The standard InChI is InChI=1S/C17H17BrN2O4/c1-11-3-4-12(14(21)7-11)9-19-20-17(22)10-24-15-6-5-13(18)8-16(15)23-2/h3-9,21H,10H2,1-2H3,(H,20,22)/b19-9-. The molecule has 0 fully saturated rings. The Balaban J connectivity index is 1.88. The van der Waals surface area contributed by atoms with Crippen LogP contribution in [0.4, 0.5) is 0 Å². The lowest BCUT2D eigenvalue weighted by atomic mass is 10.1. The number of ether oxygens (including phenoxy) is 2. The average Bonchev–Trinajstić information content (AvgIpc) is 2.55. The lowest BCUT2D eigenvalue weighted by Crippen LogP contribution is -2.24. The van der Waals surface area contributed by atoms with Gasteiger partial charge in [-0.05, 0) is 42.8 Å².